The fourth-order valence-corrected chi connectivity index (χ4v) is 3.84. The van der Waals surface area contributed by atoms with Gasteiger partial charge in [0.25, 0.3) is 10.0 Å². The SMILES string of the molecule is CCc1ncc(S(=O)(=O)N2CCC(O)C(CC)C2)[nH]1. The summed E-state index contributed by atoms with van der Waals surface area (Å²) < 4.78 is 26.4. The van der Waals surface area contributed by atoms with Crippen LogP contribution in [0.3, 0.4) is 0 Å². The number of aromatic amines is 1. The maximum atomic E-state index is 12.5. The maximum absolute atomic E-state index is 12.5. The normalized spacial score (nSPS) is 25.6. The molecule has 2 rings (SSSR count). The molecule has 1 fully saturated rings. The number of hydrogen-bond donors (Lipinski definition) is 2. The predicted molar refractivity (Wildman–Crippen MR) is 71.1 cm³/mol. The molecule has 0 saturated carbocycles. The molecule has 1 saturated heterocycles. The van der Waals surface area contributed by atoms with Crippen molar-refractivity contribution in [2.75, 3.05) is 13.1 Å². The Kier molecular flexibility index (Phi) is 4.27. The fourth-order valence-electron chi connectivity index (χ4n) is 2.40. The monoisotopic (exact) mass is 287 g/mol. The standard InChI is InChI=1S/C12H21N3O3S/c1-3-9-8-15(6-5-10(9)16)19(17,18)12-7-13-11(4-2)14-12/h7,9-10,16H,3-6,8H2,1-2H3,(H,13,14). The molecule has 0 amide bonds. The van der Waals surface area contributed by atoms with Gasteiger partial charge in [0.15, 0.2) is 5.03 Å². The van der Waals surface area contributed by atoms with Gasteiger partial charge in [0, 0.05) is 19.5 Å². The smallest absolute Gasteiger partial charge is 0.260 e. The van der Waals surface area contributed by atoms with E-state index in [0.29, 0.717) is 31.8 Å². The van der Waals surface area contributed by atoms with Crippen molar-refractivity contribution in [1.29, 1.82) is 0 Å². The Hall–Kier alpha value is -0.920. The van der Waals surface area contributed by atoms with Crippen LogP contribution in [0.1, 0.15) is 32.5 Å². The Labute approximate surface area is 113 Å². The number of imidazole rings is 1. The number of aliphatic hydroxyl groups is 1. The van der Waals surface area contributed by atoms with E-state index in [2.05, 4.69) is 9.97 Å². The van der Waals surface area contributed by atoms with Gasteiger partial charge in [-0.15, -0.1) is 0 Å². The number of sulfonamides is 1. The molecule has 0 bridgehead atoms. The van der Waals surface area contributed by atoms with Crippen molar-refractivity contribution in [2.45, 2.75) is 44.2 Å². The first-order valence-corrected chi connectivity index (χ1v) is 8.15. The van der Waals surface area contributed by atoms with Crippen molar-refractivity contribution in [3.05, 3.63) is 12.0 Å². The van der Waals surface area contributed by atoms with Crippen LogP contribution in [0.15, 0.2) is 11.2 Å². The number of hydrogen-bond acceptors (Lipinski definition) is 4. The zero-order valence-corrected chi connectivity index (χ0v) is 12.2. The Balaban J connectivity index is 2.20. The lowest BCUT2D eigenvalue weighted by Gasteiger charge is -2.34. The summed E-state index contributed by atoms with van der Waals surface area (Å²) in [5.41, 5.74) is 0. The molecule has 7 heteroatoms. The van der Waals surface area contributed by atoms with Crippen LogP contribution in [0.4, 0.5) is 0 Å². The molecule has 2 unspecified atom stereocenters. The van der Waals surface area contributed by atoms with Gasteiger partial charge in [-0.25, -0.2) is 13.4 Å². The largest absolute Gasteiger partial charge is 0.393 e. The summed E-state index contributed by atoms with van der Waals surface area (Å²) >= 11 is 0. The lowest BCUT2D eigenvalue weighted by Crippen LogP contribution is -2.45. The fraction of sp³-hybridized carbons (Fsp3) is 0.750. The number of rotatable bonds is 4. The highest BCUT2D eigenvalue weighted by atomic mass is 32.2. The molecule has 1 aromatic rings. The molecule has 19 heavy (non-hydrogen) atoms. The Morgan fingerprint density at radius 2 is 2.26 bits per heavy atom. The van der Waals surface area contributed by atoms with Crippen LogP contribution >= 0.6 is 0 Å². The van der Waals surface area contributed by atoms with E-state index < -0.39 is 16.1 Å². The van der Waals surface area contributed by atoms with Crippen LogP contribution in [0.25, 0.3) is 0 Å². The third-order valence-electron chi connectivity index (χ3n) is 3.74. The lowest BCUT2D eigenvalue weighted by molar-refractivity contribution is 0.0520. The van der Waals surface area contributed by atoms with E-state index in [1.165, 1.54) is 10.5 Å². The van der Waals surface area contributed by atoms with Crippen LogP contribution in [0.2, 0.25) is 0 Å². The van der Waals surface area contributed by atoms with Crippen molar-refractivity contribution >= 4 is 10.0 Å². The number of nitrogens with zero attached hydrogens (tertiary/aromatic N) is 2. The van der Waals surface area contributed by atoms with Crippen molar-refractivity contribution in [3.63, 3.8) is 0 Å². The van der Waals surface area contributed by atoms with Crippen LogP contribution in [0, 0.1) is 5.92 Å². The highest BCUT2D eigenvalue weighted by Crippen LogP contribution is 2.25. The minimum absolute atomic E-state index is 0.0112. The van der Waals surface area contributed by atoms with Gasteiger partial charge in [-0.1, -0.05) is 13.8 Å². The summed E-state index contributed by atoms with van der Waals surface area (Å²) in [6.45, 7) is 4.62. The van der Waals surface area contributed by atoms with Crippen LogP contribution in [-0.2, 0) is 16.4 Å². The van der Waals surface area contributed by atoms with Crippen LogP contribution in [-0.4, -0.2) is 47.0 Å². The molecule has 2 N–H and O–H groups in total. The Morgan fingerprint density at radius 1 is 1.53 bits per heavy atom. The van der Waals surface area contributed by atoms with E-state index in [0.717, 1.165) is 6.42 Å². The van der Waals surface area contributed by atoms with Gasteiger partial charge >= 0.3 is 0 Å². The number of aromatic nitrogens is 2. The highest BCUT2D eigenvalue weighted by Gasteiger charge is 2.34. The predicted octanol–water partition coefficient (Wildman–Crippen LogP) is 0.754. The van der Waals surface area contributed by atoms with Gasteiger partial charge in [0.2, 0.25) is 0 Å². The minimum Gasteiger partial charge on any atom is -0.393 e. The van der Waals surface area contributed by atoms with Crippen molar-refractivity contribution < 1.29 is 13.5 Å². The molecule has 108 valence electrons. The first kappa shape index (κ1) is 14.5. The summed E-state index contributed by atoms with van der Waals surface area (Å²) in [6, 6.07) is 0. The third-order valence-corrected chi connectivity index (χ3v) is 5.51. The molecule has 2 heterocycles. The summed E-state index contributed by atoms with van der Waals surface area (Å²) in [6.07, 6.45) is 2.92. The maximum Gasteiger partial charge on any atom is 0.260 e. The first-order chi connectivity index (χ1) is 8.98. The second-order valence-electron chi connectivity index (χ2n) is 4.94. The number of nitrogens with one attached hydrogen (secondary N) is 1. The zero-order valence-electron chi connectivity index (χ0n) is 11.3. The number of aryl methyl sites for hydroxylation is 1. The second-order valence-corrected chi connectivity index (χ2v) is 6.84. The number of H-pyrrole nitrogens is 1. The molecular formula is C12H21N3O3S. The molecule has 1 aliphatic heterocycles. The molecule has 0 radical (unpaired) electrons. The van der Waals surface area contributed by atoms with E-state index in [1.807, 2.05) is 13.8 Å². The van der Waals surface area contributed by atoms with Gasteiger partial charge < -0.3 is 10.1 Å². The van der Waals surface area contributed by atoms with Crippen molar-refractivity contribution in [2.24, 2.45) is 5.92 Å². The molecule has 0 spiro atoms. The Bertz CT molecular complexity index is 526. The molecule has 0 aliphatic carbocycles. The topological polar surface area (TPSA) is 86.3 Å². The summed E-state index contributed by atoms with van der Waals surface area (Å²) in [5, 5.41) is 9.97. The first-order valence-electron chi connectivity index (χ1n) is 6.71. The average molecular weight is 287 g/mol. The second kappa shape index (κ2) is 5.60. The summed E-state index contributed by atoms with van der Waals surface area (Å²) in [7, 11) is -3.51. The minimum atomic E-state index is -3.51. The Morgan fingerprint density at radius 3 is 2.84 bits per heavy atom. The average Bonchev–Trinajstić information content (AvgIpc) is 2.88. The quantitative estimate of drug-likeness (QED) is 0.855. The number of aliphatic hydroxyl groups excluding tert-OH is 1. The van der Waals surface area contributed by atoms with E-state index in [9.17, 15) is 13.5 Å². The molecule has 1 aromatic heterocycles. The van der Waals surface area contributed by atoms with E-state index in [-0.39, 0.29) is 10.9 Å². The molecule has 2 atom stereocenters. The highest BCUT2D eigenvalue weighted by molar-refractivity contribution is 7.89. The summed E-state index contributed by atoms with van der Waals surface area (Å²) in [4.78, 5) is 6.88. The third kappa shape index (κ3) is 2.82. The van der Waals surface area contributed by atoms with Crippen molar-refractivity contribution in [3.8, 4) is 0 Å². The number of piperidine rings is 1. The molecule has 1 aliphatic rings. The summed E-state index contributed by atoms with van der Waals surface area (Å²) in [5.74, 6) is 0.680. The van der Waals surface area contributed by atoms with Gasteiger partial charge in [0.05, 0.1) is 12.3 Å². The van der Waals surface area contributed by atoms with Gasteiger partial charge in [-0.05, 0) is 18.8 Å². The van der Waals surface area contributed by atoms with Gasteiger partial charge in [-0.2, -0.15) is 4.31 Å². The van der Waals surface area contributed by atoms with E-state index in [4.69, 9.17) is 0 Å². The molecular weight excluding hydrogens is 266 g/mol. The van der Waals surface area contributed by atoms with E-state index in [1.54, 1.807) is 0 Å². The van der Waals surface area contributed by atoms with Crippen LogP contribution < -0.4 is 0 Å². The van der Waals surface area contributed by atoms with Gasteiger partial charge in [0.1, 0.15) is 5.82 Å². The van der Waals surface area contributed by atoms with Crippen molar-refractivity contribution in [1.82, 2.24) is 14.3 Å². The van der Waals surface area contributed by atoms with E-state index >= 15 is 0 Å². The molecule has 6 nitrogen and oxygen atoms in total. The van der Waals surface area contributed by atoms with Gasteiger partial charge in [-0.3, -0.25) is 0 Å². The zero-order chi connectivity index (χ0) is 14.0. The molecule has 0 aromatic carbocycles. The lowest BCUT2D eigenvalue weighted by atomic mass is 9.94. The van der Waals surface area contributed by atoms with Crippen LogP contribution in [0.5, 0.6) is 0 Å².